The maximum Gasteiger partial charge on any atom is 0.416 e. The van der Waals surface area contributed by atoms with Crippen LogP contribution in [0.25, 0.3) is 0 Å². The van der Waals surface area contributed by atoms with Crippen LogP contribution >= 0.6 is 0 Å². The van der Waals surface area contributed by atoms with Crippen LogP contribution in [0.3, 0.4) is 0 Å². The topological polar surface area (TPSA) is 100 Å². The number of halogens is 3. The molecule has 0 spiro atoms. The fraction of sp³-hybridized carbons (Fsp3) is 0.350. The molecule has 0 radical (unpaired) electrons. The highest BCUT2D eigenvalue weighted by molar-refractivity contribution is 5.95. The van der Waals surface area contributed by atoms with Crippen molar-refractivity contribution in [3.8, 4) is 0 Å². The third-order valence-corrected chi connectivity index (χ3v) is 4.94. The van der Waals surface area contributed by atoms with Gasteiger partial charge in [-0.2, -0.15) is 13.2 Å². The lowest BCUT2D eigenvalue weighted by Gasteiger charge is -2.38. The molecular weight excluding hydrogens is 399 g/mol. The van der Waals surface area contributed by atoms with Crippen molar-refractivity contribution in [1.82, 2.24) is 15.4 Å². The lowest BCUT2D eigenvalue weighted by molar-refractivity contribution is -0.137. The number of pyridine rings is 1. The van der Waals surface area contributed by atoms with E-state index in [9.17, 15) is 22.8 Å². The van der Waals surface area contributed by atoms with Gasteiger partial charge in [-0.05, 0) is 42.5 Å². The minimum Gasteiger partial charge on any atom is -0.366 e. The number of alkyl halides is 3. The molecule has 30 heavy (non-hydrogen) atoms. The van der Waals surface area contributed by atoms with Crippen LogP contribution in [-0.2, 0) is 6.18 Å². The van der Waals surface area contributed by atoms with Gasteiger partial charge in [0.1, 0.15) is 0 Å². The Morgan fingerprint density at radius 3 is 2.67 bits per heavy atom. The summed E-state index contributed by atoms with van der Waals surface area (Å²) in [6.07, 6.45) is -0.380. The highest BCUT2D eigenvalue weighted by atomic mass is 19.4. The standard InChI is InChI=1S/C20H22F3N5O2/c1-12-5-6-17(13-3-2-4-15(7-13)20(21,22)23)28(11-12)27-19(30)26-16-8-14(18(24)29)9-25-10-16/h2-4,7-10,12,17H,5-6,11H2,1H3,(H2,24,29)(H2,26,27,30). The van der Waals surface area contributed by atoms with E-state index in [1.54, 1.807) is 11.1 Å². The molecule has 160 valence electrons. The van der Waals surface area contributed by atoms with Crippen LogP contribution in [0.15, 0.2) is 42.7 Å². The van der Waals surface area contributed by atoms with E-state index >= 15 is 0 Å². The van der Waals surface area contributed by atoms with Gasteiger partial charge >= 0.3 is 12.2 Å². The van der Waals surface area contributed by atoms with E-state index in [0.717, 1.165) is 18.6 Å². The Balaban J connectivity index is 1.76. The molecule has 2 aromatic rings. The Kier molecular flexibility index (Phi) is 6.25. The monoisotopic (exact) mass is 421 g/mol. The molecule has 2 heterocycles. The molecule has 1 aromatic heterocycles. The lowest BCUT2D eigenvalue weighted by Crippen LogP contribution is -2.50. The first-order valence-electron chi connectivity index (χ1n) is 9.40. The molecule has 1 aliphatic heterocycles. The second-order valence-corrected chi connectivity index (χ2v) is 7.37. The number of amides is 3. The zero-order chi connectivity index (χ0) is 21.9. The van der Waals surface area contributed by atoms with E-state index < -0.39 is 29.7 Å². The molecule has 1 fully saturated rings. The van der Waals surface area contributed by atoms with Crippen LogP contribution in [0.2, 0.25) is 0 Å². The molecule has 4 N–H and O–H groups in total. The number of hydrogen-bond acceptors (Lipinski definition) is 4. The molecule has 1 aliphatic rings. The van der Waals surface area contributed by atoms with Crippen molar-refractivity contribution in [3.63, 3.8) is 0 Å². The summed E-state index contributed by atoms with van der Waals surface area (Å²) < 4.78 is 39.3. The number of hydrogen-bond donors (Lipinski definition) is 3. The summed E-state index contributed by atoms with van der Waals surface area (Å²) in [6, 6.07) is 5.54. The summed E-state index contributed by atoms with van der Waals surface area (Å²) in [7, 11) is 0. The van der Waals surface area contributed by atoms with Gasteiger partial charge in [0.15, 0.2) is 0 Å². The van der Waals surface area contributed by atoms with Crippen molar-refractivity contribution in [1.29, 1.82) is 0 Å². The number of benzene rings is 1. The number of piperidine rings is 1. The van der Waals surface area contributed by atoms with Crippen LogP contribution < -0.4 is 16.5 Å². The van der Waals surface area contributed by atoms with E-state index in [0.29, 0.717) is 18.5 Å². The van der Waals surface area contributed by atoms with Gasteiger partial charge in [-0.25, -0.2) is 9.80 Å². The summed E-state index contributed by atoms with van der Waals surface area (Å²) in [4.78, 5) is 27.6. The number of carbonyl (C=O) groups excluding carboxylic acids is 2. The molecule has 2 unspecified atom stereocenters. The number of hydrazine groups is 1. The van der Waals surface area contributed by atoms with Gasteiger partial charge in [0.05, 0.1) is 29.1 Å². The summed E-state index contributed by atoms with van der Waals surface area (Å²) in [5, 5.41) is 4.21. The molecule has 7 nitrogen and oxygen atoms in total. The number of anilines is 1. The van der Waals surface area contributed by atoms with Crippen LogP contribution in [0.5, 0.6) is 0 Å². The van der Waals surface area contributed by atoms with Crippen molar-refractivity contribution in [2.24, 2.45) is 11.7 Å². The second-order valence-electron chi connectivity index (χ2n) is 7.37. The Hall–Kier alpha value is -3.14. The summed E-state index contributed by atoms with van der Waals surface area (Å²) >= 11 is 0. The zero-order valence-electron chi connectivity index (χ0n) is 16.2. The van der Waals surface area contributed by atoms with Crippen LogP contribution in [0, 0.1) is 5.92 Å². The number of nitrogens with zero attached hydrogens (tertiary/aromatic N) is 2. The lowest BCUT2D eigenvalue weighted by atomic mass is 9.90. The fourth-order valence-electron chi connectivity index (χ4n) is 3.48. The Morgan fingerprint density at radius 2 is 1.97 bits per heavy atom. The molecule has 0 saturated carbocycles. The minimum absolute atomic E-state index is 0.140. The number of primary amides is 1. The van der Waals surface area contributed by atoms with Gasteiger partial charge in [0.25, 0.3) is 0 Å². The first kappa shape index (κ1) is 21.6. The van der Waals surface area contributed by atoms with Crippen molar-refractivity contribution < 1.29 is 22.8 Å². The summed E-state index contributed by atoms with van der Waals surface area (Å²) in [5.74, 6) is -0.423. The smallest absolute Gasteiger partial charge is 0.366 e. The Bertz CT molecular complexity index is 935. The number of urea groups is 1. The number of carbonyl (C=O) groups is 2. The minimum atomic E-state index is -4.44. The van der Waals surface area contributed by atoms with Crippen LogP contribution in [-0.4, -0.2) is 28.5 Å². The van der Waals surface area contributed by atoms with Gasteiger partial charge in [-0.1, -0.05) is 19.1 Å². The third-order valence-electron chi connectivity index (χ3n) is 4.94. The summed E-state index contributed by atoms with van der Waals surface area (Å²) in [6.45, 7) is 2.49. The average Bonchev–Trinajstić information content (AvgIpc) is 2.67. The molecule has 0 bridgehead atoms. The van der Waals surface area contributed by atoms with Crippen molar-refractivity contribution in [2.75, 3.05) is 11.9 Å². The SMILES string of the molecule is CC1CCC(c2cccc(C(F)(F)F)c2)N(NC(=O)Nc2cncc(C(N)=O)c2)C1. The zero-order valence-corrected chi connectivity index (χ0v) is 16.2. The highest BCUT2D eigenvalue weighted by Gasteiger charge is 2.33. The molecule has 0 aliphatic carbocycles. The molecule has 3 rings (SSSR count). The fourth-order valence-corrected chi connectivity index (χ4v) is 3.48. The predicted molar refractivity (Wildman–Crippen MR) is 104 cm³/mol. The maximum atomic E-state index is 13.1. The van der Waals surface area contributed by atoms with Crippen molar-refractivity contribution >= 4 is 17.6 Å². The Morgan fingerprint density at radius 1 is 1.20 bits per heavy atom. The normalized spacial score (nSPS) is 19.9. The number of aromatic nitrogens is 1. The summed E-state index contributed by atoms with van der Waals surface area (Å²) in [5.41, 5.74) is 8.08. The van der Waals surface area contributed by atoms with Gasteiger partial charge in [0, 0.05) is 12.7 Å². The van der Waals surface area contributed by atoms with Crippen LogP contribution in [0.1, 0.15) is 47.3 Å². The predicted octanol–water partition coefficient (Wildman–Crippen LogP) is 3.71. The highest BCUT2D eigenvalue weighted by Crippen LogP contribution is 2.35. The van der Waals surface area contributed by atoms with Gasteiger partial charge in [0.2, 0.25) is 5.91 Å². The van der Waals surface area contributed by atoms with E-state index in [-0.39, 0.29) is 17.2 Å². The molecule has 1 saturated heterocycles. The quantitative estimate of drug-likeness (QED) is 0.701. The maximum absolute atomic E-state index is 13.1. The first-order chi connectivity index (χ1) is 14.1. The second kappa shape index (κ2) is 8.70. The van der Waals surface area contributed by atoms with E-state index in [4.69, 9.17) is 5.73 Å². The number of nitrogens with two attached hydrogens (primary N) is 1. The molecular formula is C20H22F3N5O2. The van der Waals surface area contributed by atoms with Gasteiger partial charge < -0.3 is 11.1 Å². The van der Waals surface area contributed by atoms with E-state index in [2.05, 4.69) is 15.7 Å². The third kappa shape index (κ3) is 5.26. The van der Waals surface area contributed by atoms with E-state index in [1.165, 1.54) is 24.5 Å². The van der Waals surface area contributed by atoms with E-state index in [1.807, 2.05) is 6.92 Å². The first-order valence-corrected chi connectivity index (χ1v) is 9.40. The number of nitrogens with one attached hydrogen (secondary N) is 2. The Labute approximate surface area is 171 Å². The average molecular weight is 421 g/mol. The molecule has 2 atom stereocenters. The molecule has 3 amide bonds. The largest absolute Gasteiger partial charge is 0.416 e. The number of rotatable bonds is 4. The van der Waals surface area contributed by atoms with Crippen LogP contribution in [0.4, 0.5) is 23.7 Å². The molecule has 10 heteroatoms. The molecule has 1 aromatic carbocycles. The van der Waals surface area contributed by atoms with Gasteiger partial charge in [-0.3, -0.25) is 15.2 Å². The van der Waals surface area contributed by atoms with Crippen molar-refractivity contribution in [3.05, 3.63) is 59.4 Å². The van der Waals surface area contributed by atoms with Crippen molar-refractivity contribution in [2.45, 2.75) is 32.0 Å². The van der Waals surface area contributed by atoms with Gasteiger partial charge in [-0.15, -0.1) is 0 Å².